The molecule has 0 unspecified atom stereocenters. The molecule has 0 radical (unpaired) electrons. The summed E-state index contributed by atoms with van der Waals surface area (Å²) in [6, 6.07) is 5.67. The minimum Gasteiger partial charge on any atom is -0.308 e. The van der Waals surface area contributed by atoms with Crippen LogP contribution in [-0.4, -0.2) is 11.4 Å². The first-order valence-electron chi connectivity index (χ1n) is 5.19. The van der Waals surface area contributed by atoms with Crippen molar-refractivity contribution in [3.05, 3.63) is 33.8 Å². The molecule has 1 aromatic rings. The maximum absolute atomic E-state index is 5.94. The number of alkyl halides is 1. The molecule has 1 rings (SSSR count). The highest BCUT2D eigenvalue weighted by Gasteiger charge is 2.15. The standard InChI is InChI=1S/C12H16Cl3N/c1-12(2,5-6-13)16-8-9-3-4-10(14)11(15)7-9/h3-4,7,16H,5-6,8H2,1-2H3. The van der Waals surface area contributed by atoms with Crippen molar-refractivity contribution in [2.75, 3.05) is 5.88 Å². The van der Waals surface area contributed by atoms with Gasteiger partial charge in [-0.05, 0) is 38.0 Å². The van der Waals surface area contributed by atoms with Gasteiger partial charge in [-0.3, -0.25) is 0 Å². The number of rotatable bonds is 5. The first-order chi connectivity index (χ1) is 7.44. The molecule has 0 aliphatic heterocycles. The lowest BCUT2D eigenvalue weighted by molar-refractivity contribution is 0.376. The molecule has 1 aromatic carbocycles. The third kappa shape index (κ3) is 4.50. The Morgan fingerprint density at radius 2 is 1.88 bits per heavy atom. The van der Waals surface area contributed by atoms with Crippen molar-refractivity contribution >= 4 is 34.8 Å². The van der Waals surface area contributed by atoms with Gasteiger partial charge in [-0.1, -0.05) is 29.3 Å². The van der Waals surface area contributed by atoms with Gasteiger partial charge in [-0.2, -0.15) is 0 Å². The van der Waals surface area contributed by atoms with Gasteiger partial charge in [0, 0.05) is 18.0 Å². The summed E-state index contributed by atoms with van der Waals surface area (Å²) in [4.78, 5) is 0. The molecule has 0 saturated heterocycles. The minimum atomic E-state index is 0.0356. The van der Waals surface area contributed by atoms with E-state index in [0.717, 1.165) is 18.5 Å². The Balaban J connectivity index is 2.57. The molecule has 0 fully saturated rings. The maximum Gasteiger partial charge on any atom is 0.0595 e. The van der Waals surface area contributed by atoms with Crippen molar-refractivity contribution < 1.29 is 0 Å². The molecule has 0 bridgehead atoms. The second-order valence-corrected chi connectivity index (χ2v) is 5.62. The fourth-order valence-electron chi connectivity index (χ4n) is 1.32. The molecule has 0 atom stereocenters. The maximum atomic E-state index is 5.94. The summed E-state index contributed by atoms with van der Waals surface area (Å²) in [5.41, 5.74) is 1.16. The number of nitrogens with one attached hydrogen (secondary N) is 1. The van der Waals surface area contributed by atoms with E-state index in [4.69, 9.17) is 34.8 Å². The Morgan fingerprint density at radius 1 is 1.19 bits per heavy atom. The van der Waals surface area contributed by atoms with E-state index in [1.54, 1.807) is 0 Å². The van der Waals surface area contributed by atoms with E-state index in [2.05, 4.69) is 19.2 Å². The van der Waals surface area contributed by atoms with Crippen LogP contribution >= 0.6 is 34.8 Å². The van der Waals surface area contributed by atoms with E-state index in [1.165, 1.54) is 0 Å². The lowest BCUT2D eigenvalue weighted by Crippen LogP contribution is -2.39. The SMILES string of the molecule is CC(C)(CCCl)NCc1ccc(Cl)c(Cl)c1. The predicted octanol–water partition coefficient (Wildman–Crippen LogP) is 4.49. The summed E-state index contributed by atoms with van der Waals surface area (Å²) < 4.78 is 0. The molecule has 1 N–H and O–H groups in total. The monoisotopic (exact) mass is 279 g/mol. The van der Waals surface area contributed by atoms with Gasteiger partial charge in [0.05, 0.1) is 10.0 Å². The Morgan fingerprint density at radius 3 is 2.44 bits per heavy atom. The van der Waals surface area contributed by atoms with Crippen molar-refractivity contribution in [2.24, 2.45) is 0 Å². The highest BCUT2D eigenvalue weighted by atomic mass is 35.5. The van der Waals surface area contributed by atoms with Crippen molar-refractivity contribution in [1.82, 2.24) is 5.32 Å². The van der Waals surface area contributed by atoms with Crippen LogP contribution in [0, 0.1) is 0 Å². The zero-order chi connectivity index (χ0) is 12.2. The number of hydrogen-bond donors (Lipinski definition) is 1. The molecular weight excluding hydrogens is 264 g/mol. The highest BCUT2D eigenvalue weighted by molar-refractivity contribution is 6.42. The van der Waals surface area contributed by atoms with E-state index in [9.17, 15) is 0 Å². The molecular formula is C12H16Cl3N. The molecule has 0 aliphatic rings. The summed E-state index contributed by atoms with van der Waals surface area (Å²) in [7, 11) is 0. The molecule has 0 aliphatic carbocycles. The molecule has 0 amide bonds. The number of halogens is 3. The predicted molar refractivity (Wildman–Crippen MR) is 72.7 cm³/mol. The molecule has 0 spiro atoms. The third-order valence-corrected chi connectivity index (χ3v) is 3.40. The molecule has 0 aromatic heterocycles. The van der Waals surface area contributed by atoms with Gasteiger partial charge in [-0.15, -0.1) is 11.6 Å². The topological polar surface area (TPSA) is 12.0 Å². The van der Waals surface area contributed by atoms with Crippen molar-refractivity contribution in [3.8, 4) is 0 Å². The second kappa shape index (κ2) is 6.11. The van der Waals surface area contributed by atoms with Crippen LogP contribution < -0.4 is 5.32 Å². The highest BCUT2D eigenvalue weighted by Crippen LogP contribution is 2.23. The van der Waals surface area contributed by atoms with Crippen LogP contribution in [0.1, 0.15) is 25.8 Å². The van der Waals surface area contributed by atoms with Crippen LogP contribution in [0.4, 0.5) is 0 Å². The van der Waals surface area contributed by atoms with E-state index >= 15 is 0 Å². The van der Waals surface area contributed by atoms with Gasteiger partial charge in [0.1, 0.15) is 0 Å². The van der Waals surface area contributed by atoms with Crippen molar-refractivity contribution in [2.45, 2.75) is 32.4 Å². The minimum absolute atomic E-state index is 0.0356. The first kappa shape index (κ1) is 14.1. The van der Waals surface area contributed by atoms with Crippen LogP contribution in [0.15, 0.2) is 18.2 Å². The van der Waals surface area contributed by atoms with E-state index in [1.807, 2.05) is 18.2 Å². The zero-order valence-electron chi connectivity index (χ0n) is 9.49. The molecule has 0 saturated carbocycles. The lowest BCUT2D eigenvalue weighted by atomic mass is 10.0. The summed E-state index contributed by atoms with van der Waals surface area (Å²) in [5, 5.41) is 4.62. The van der Waals surface area contributed by atoms with E-state index in [0.29, 0.717) is 15.9 Å². The van der Waals surface area contributed by atoms with Gasteiger partial charge < -0.3 is 5.32 Å². The largest absolute Gasteiger partial charge is 0.308 e. The molecule has 16 heavy (non-hydrogen) atoms. The van der Waals surface area contributed by atoms with Gasteiger partial charge in [0.2, 0.25) is 0 Å². The second-order valence-electron chi connectivity index (χ2n) is 4.42. The van der Waals surface area contributed by atoms with Crippen LogP contribution in [-0.2, 0) is 6.54 Å². The van der Waals surface area contributed by atoms with Crippen LogP contribution in [0.5, 0.6) is 0 Å². The van der Waals surface area contributed by atoms with Crippen molar-refractivity contribution in [1.29, 1.82) is 0 Å². The first-order valence-corrected chi connectivity index (χ1v) is 6.48. The van der Waals surface area contributed by atoms with Gasteiger partial charge in [0.25, 0.3) is 0 Å². The van der Waals surface area contributed by atoms with Gasteiger partial charge >= 0.3 is 0 Å². The van der Waals surface area contributed by atoms with Gasteiger partial charge in [0.15, 0.2) is 0 Å². The van der Waals surface area contributed by atoms with Crippen molar-refractivity contribution in [3.63, 3.8) is 0 Å². The number of hydrogen-bond acceptors (Lipinski definition) is 1. The molecule has 90 valence electrons. The Labute approximate surface area is 112 Å². The summed E-state index contributed by atoms with van der Waals surface area (Å²) >= 11 is 17.5. The third-order valence-electron chi connectivity index (χ3n) is 2.47. The summed E-state index contributed by atoms with van der Waals surface area (Å²) in [5.74, 6) is 0.654. The normalized spacial score (nSPS) is 11.8. The Kier molecular flexibility index (Phi) is 5.39. The molecule has 0 heterocycles. The summed E-state index contributed by atoms with van der Waals surface area (Å²) in [6.07, 6.45) is 0.926. The fraction of sp³-hybridized carbons (Fsp3) is 0.500. The zero-order valence-corrected chi connectivity index (χ0v) is 11.8. The molecule has 1 nitrogen and oxygen atoms in total. The fourth-order valence-corrected chi connectivity index (χ4v) is 2.11. The quantitative estimate of drug-likeness (QED) is 0.784. The van der Waals surface area contributed by atoms with E-state index < -0.39 is 0 Å². The van der Waals surface area contributed by atoms with Crippen LogP contribution in [0.25, 0.3) is 0 Å². The average Bonchev–Trinajstić information content (AvgIpc) is 2.20. The Hall–Kier alpha value is 0.0500. The summed E-state index contributed by atoms with van der Waals surface area (Å²) in [6.45, 7) is 5.03. The van der Waals surface area contributed by atoms with Crippen LogP contribution in [0.2, 0.25) is 10.0 Å². The van der Waals surface area contributed by atoms with Crippen LogP contribution in [0.3, 0.4) is 0 Å². The smallest absolute Gasteiger partial charge is 0.0595 e. The average molecular weight is 281 g/mol. The van der Waals surface area contributed by atoms with Gasteiger partial charge in [-0.25, -0.2) is 0 Å². The lowest BCUT2D eigenvalue weighted by Gasteiger charge is -2.25. The molecule has 4 heteroatoms. The van der Waals surface area contributed by atoms with E-state index in [-0.39, 0.29) is 5.54 Å². The Bertz CT molecular complexity index is 350. The number of benzene rings is 1.